The number of benzene rings is 1. The van der Waals surface area contributed by atoms with Crippen LogP contribution >= 0.6 is 0 Å². The van der Waals surface area contributed by atoms with E-state index in [4.69, 9.17) is 4.74 Å². The van der Waals surface area contributed by atoms with Crippen LogP contribution in [-0.2, 0) is 20.9 Å². The summed E-state index contributed by atoms with van der Waals surface area (Å²) in [5, 5.41) is 3.19. The van der Waals surface area contributed by atoms with E-state index in [2.05, 4.69) is 19.2 Å². The fraction of sp³-hybridized carbons (Fsp3) is 0.625. The number of rotatable bonds is 10. The maximum Gasteiger partial charge on any atom is 0.236 e. The molecule has 1 fully saturated rings. The zero-order valence-electron chi connectivity index (χ0n) is 19.6. The Kier molecular flexibility index (Phi) is 9.04. The molecule has 0 aromatic heterocycles. The monoisotopic (exact) mass is 431 g/mol. The Morgan fingerprint density at radius 1 is 1.16 bits per heavy atom. The zero-order chi connectivity index (χ0) is 23.0. The fourth-order valence-electron chi connectivity index (χ4n) is 4.18. The van der Waals surface area contributed by atoms with Crippen LogP contribution in [0.3, 0.4) is 0 Å². The molecule has 0 saturated carbocycles. The van der Waals surface area contributed by atoms with Gasteiger partial charge in [-0.05, 0) is 43.4 Å². The minimum absolute atomic E-state index is 0.00448. The number of likely N-dealkylation sites (tertiary alicyclic amines) is 1. The first kappa shape index (κ1) is 24.9. The molecule has 1 heterocycles. The molecule has 1 aromatic carbocycles. The largest absolute Gasteiger partial charge is 0.497 e. The zero-order valence-corrected chi connectivity index (χ0v) is 19.6. The molecular formula is C24H37N3O4. The summed E-state index contributed by atoms with van der Waals surface area (Å²) in [6.07, 6.45) is 1.36. The van der Waals surface area contributed by atoms with Crippen molar-refractivity contribution < 1.29 is 19.1 Å². The third-order valence-electron chi connectivity index (χ3n) is 6.03. The van der Waals surface area contributed by atoms with Gasteiger partial charge in [-0.1, -0.05) is 32.9 Å². The fourth-order valence-corrected chi connectivity index (χ4v) is 4.18. The van der Waals surface area contributed by atoms with Gasteiger partial charge in [-0.15, -0.1) is 0 Å². The quantitative estimate of drug-likeness (QED) is 0.616. The van der Waals surface area contributed by atoms with Gasteiger partial charge in [-0.2, -0.15) is 0 Å². The molecule has 0 unspecified atom stereocenters. The van der Waals surface area contributed by atoms with Crippen molar-refractivity contribution in [3.8, 4) is 5.75 Å². The first-order chi connectivity index (χ1) is 14.7. The number of amides is 2. The molecule has 0 atom stereocenters. The molecular weight excluding hydrogens is 394 g/mol. The lowest BCUT2D eigenvalue weighted by Gasteiger charge is -2.48. The number of Topliss-reactive ketones (excluding diaryl/α,β-unsaturated/α-hetero) is 1. The highest BCUT2D eigenvalue weighted by Gasteiger charge is 2.46. The molecule has 0 bridgehead atoms. The number of ether oxygens (including phenoxy) is 1. The van der Waals surface area contributed by atoms with Gasteiger partial charge in [0.05, 0.1) is 13.7 Å². The molecule has 1 aromatic rings. The standard InChI is InChI=1S/C24H37N3O4/c1-6-22(29)27(17-18(2)3)24(19(4)28)11-13-26(14-12-24)23(30)16-25-15-20-7-9-21(31-5)10-8-20/h7-10,18,25H,6,11-17H2,1-5H3. The van der Waals surface area contributed by atoms with Crippen LogP contribution in [0.4, 0.5) is 0 Å². The molecule has 0 spiro atoms. The van der Waals surface area contributed by atoms with Gasteiger partial charge in [-0.3, -0.25) is 14.4 Å². The average Bonchev–Trinajstić information content (AvgIpc) is 2.77. The number of hydrogen-bond donors (Lipinski definition) is 1. The molecule has 1 N–H and O–H groups in total. The van der Waals surface area contributed by atoms with Crippen LogP contribution in [0.2, 0.25) is 0 Å². The van der Waals surface area contributed by atoms with E-state index < -0.39 is 5.54 Å². The van der Waals surface area contributed by atoms with Crippen molar-refractivity contribution in [2.24, 2.45) is 5.92 Å². The van der Waals surface area contributed by atoms with Crippen molar-refractivity contribution in [2.75, 3.05) is 33.3 Å². The van der Waals surface area contributed by atoms with Crippen LogP contribution in [0, 0.1) is 5.92 Å². The van der Waals surface area contributed by atoms with E-state index in [1.165, 1.54) is 0 Å². The van der Waals surface area contributed by atoms with E-state index in [-0.39, 0.29) is 30.1 Å². The molecule has 1 aliphatic heterocycles. The number of hydrogen-bond acceptors (Lipinski definition) is 5. The van der Waals surface area contributed by atoms with Gasteiger partial charge in [0.15, 0.2) is 5.78 Å². The Hall–Kier alpha value is -2.41. The second kappa shape index (κ2) is 11.3. The van der Waals surface area contributed by atoms with Gasteiger partial charge in [0, 0.05) is 32.6 Å². The summed E-state index contributed by atoms with van der Waals surface area (Å²) in [5.74, 6) is 1.11. The van der Waals surface area contributed by atoms with Crippen LogP contribution in [0.5, 0.6) is 5.75 Å². The molecule has 0 aliphatic carbocycles. The van der Waals surface area contributed by atoms with E-state index in [9.17, 15) is 14.4 Å². The molecule has 2 rings (SSSR count). The summed E-state index contributed by atoms with van der Waals surface area (Å²) in [7, 11) is 1.63. The van der Waals surface area contributed by atoms with Crippen LogP contribution in [-0.4, -0.2) is 66.2 Å². The predicted molar refractivity (Wildman–Crippen MR) is 121 cm³/mol. The van der Waals surface area contributed by atoms with Crippen molar-refractivity contribution in [3.05, 3.63) is 29.8 Å². The summed E-state index contributed by atoms with van der Waals surface area (Å²) in [6, 6.07) is 7.72. The first-order valence-electron chi connectivity index (χ1n) is 11.2. The highest BCUT2D eigenvalue weighted by Crippen LogP contribution is 2.32. The van der Waals surface area contributed by atoms with E-state index in [1.54, 1.807) is 23.8 Å². The van der Waals surface area contributed by atoms with E-state index in [1.807, 2.05) is 31.2 Å². The third kappa shape index (κ3) is 6.29. The van der Waals surface area contributed by atoms with Gasteiger partial charge in [0.1, 0.15) is 11.3 Å². The van der Waals surface area contributed by atoms with Crippen molar-refractivity contribution in [3.63, 3.8) is 0 Å². The first-order valence-corrected chi connectivity index (χ1v) is 11.2. The predicted octanol–water partition coefficient (Wildman–Crippen LogP) is 2.63. The molecule has 2 amide bonds. The summed E-state index contributed by atoms with van der Waals surface area (Å²) >= 11 is 0. The van der Waals surface area contributed by atoms with Crippen LogP contribution in [0.15, 0.2) is 24.3 Å². The number of piperidine rings is 1. The third-order valence-corrected chi connectivity index (χ3v) is 6.03. The second-order valence-corrected chi connectivity index (χ2v) is 8.67. The van der Waals surface area contributed by atoms with Gasteiger partial charge in [0.2, 0.25) is 11.8 Å². The highest BCUT2D eigenvalue weighted by molar-refractivity contribution is 5.92. The summed E-state index contributed by atoms with van der Waals surface area (Å²) < 4.78 is 5.15. The molecule has 0 radical (unpaired) electrons. The van der Waals surface area contributed by atoms with E-state index in [0.29, 0.717) is 45.4 Å². The number of methoxy groups -OCH3 is 1. The number of nitrogens with zero attached hydrogens (tertiary/aromatic N) is 2. The minimum atomic E-state index is -0.801. The Labute approximate surface area is 186 Å². The SMILES string of the molecule is CCC(=O)N(CC(C)C)C1(C(C)=O)CCN(C(=O)CNCc2ccc(OC)cc2)CC1. The lowest BCUT2D eigenvalue weighted by Crippen LogP contribution is -2.62. The van der Waals surface area contributed by atoms with Crippen LogP contribution in [0.1, 0.15) is 52.5 Å². The Morgan fingerprint density at radius 3 is 2.26 bits per heavy atom. The van der Waals surface area contributed by atoms with E-state index in [0.717, 1.165) is 11.3 Å². The van der Waals surface area contributed by atoms with Crippen molar-refractivity contribution in [1.29, 1.82) is 0 Å². The number of ketones is 1. The van der Waals surface area contributed by atoms with Gasteiger partial charge >= 0.3 is 0 Å². The number of carbonyl (C=O) groups excluding carboxylic acids is 3. The molecule has 7 heteroatoms. The molecule has 172 valence electrons. The topological polar surface area (TPSA) is 79.0 Å². The van der Waals surface area contributed by atoms with Gasteiger partial charge in [0.25, 0.3) is 0 Å². The molecule has 1 aliphatic rings. The minimum Gasteiger partial charge on any atom is -0.497 e. The van der Waals surface area contributed by atoms with Gasteiger partial charge in [-0.25, -0.2) is 0 Å². The molecule has 7 nitrogen and oxygen atoms in total. The van der Waals surface area contributed by atoms with Crippen molar-refractivity contribution in [1.82, 2.24) is 15.1 Å². The Balaban J connectivity index is 1.95. The average molecular weight is 432 g/mol. The van der Waals surface area contributed by atoms with Crippen LogP contribution in [0.25, 0.3) is 0 Å². The number of carbonyl (C=O) groups is 3. The maximum absolute atomic E-state index is 12.7. The van der Waals surface area contributed by atoms with Crippen molar-refractivity contribution >= 4 is 17.6 Å². The summed E-state index contributed by atoms with van der Waals surface area (Å²) in [4.78, 5) is 41.6. The molecule has 31 heavy (non-hydrogen) atoms. The van der Waals surface area contributed by atoms with Gasteiger partial charge < -0.3 is 19.9 Å². The summed E-state index contributed by atoms with van der Waals surface area (Å²) in [5.41, 5.74) is 0.273. The normalized spacial score (nSPS) is 15.6. The maximum atomic E-state index is 12.7. The smallest absolute Gasteiger partial charge is 0.236 e. The lowest BCUT2D eigenvalue weighted by molar-refractivity contribution is -0.151. The van der Waals surface area contributed by atoms with Crippen molar-refractivity contribution in [2.45, 2.75) is 59.0 Å². The van der Waals surface area contributed by atoms with Crippen LogP contribution < -0.4 is 10.1 Å². The lowest BCUT2D eigenvalue weighted by atomic mass is 9.81. The highest BCUT2D eigenvalue weighted by atomic mass is 16.5. The molecule has 1 saturated heterocycles. The number of nitrogens with one attached hydrogen (secondary N) is 1. The Morgan fingerprint density at radius 2 is 1.77 bits per heavy atom. The Bertz CT molecular complexity index is 753. The van der Waals surface area contributed by atoms with E-state index >= 15 is 0 Å². The summed E-state index contributed by atoms with van der Waals surface area (Å²) in [6.45, 7) is 9.86. The second-order valence-electron chi connectivity index (χ2n) is 8.67.